The topological polar surface area (TPSA) is 71.2 Å². The van der Waals surface area contributed by atoms with Gasteiger partial charge in [0.1, 0.15) is 10.8 Å². The molecule has 1 aliphatic heterocycles. The maximum atomic E-state index is 12.0. The molecule has 1 aromatic heterocycles. The Morgan fingerprint density at radius 2 is 2.12 bits per heavy atom. The summed E-state index contributed by atoms with van der Waals surface area (Å²) in [7, 11) is 0. The van der Waals surface area contributed by atoms with Gasteiger partial charge in [0.25, 0.3) is 5.56 Å². The average molecular weight is 373 g/mol. The van der Waals surface area contributed by atoms with Crippen molar-refractivity contribution in [2.45, 2.75) is 32.7 Å². The van der Waals surface area contributed by atoms with Crippen LogP contribution >= 0.6 is 11.6 Å². The van der Waals surface area contributed by atoms with Gasteiger partial charge in [-0.2, -0.15) is 0 Å². The Balaban J connectivity index is 2.06. The third-order valence-corrected chi connectivity index (χ3v) is 4.63. The second-order valence-corrected chi connectivity index (χ2v) is 6.66. The number of aromatic amines is 1. The predicted molar refractivity (Wildman–Crippen MR) is 103 cm³/mol. The molecule has 0 bridgehead atoms. The number of halogens is 1. The van der Waals surface area contributed by atoms with E-state index in [2.05, 4.69) is 10.3 Å². The van der Waals surface area contributed by atoms with Gasteiger partial charge in [0.15, 0.2) is 0 Å². The molecule has 6 heteroatoms. The smallest absolute Gasteiger partial charge is 0.267 e. The van der Waals surface area contributed by atoms with Crippen LogP contribution in [0.25, 0.3) is 5.57 Å². The molecule has 0 saturated carbocycles. The molecule has 1 aromatic carbocycles. The summed E-state index contributed by atoms with van der Waals surface area (Å²) in [5, 5.41) is 3.08. The summed E-state index contributed by atoms with van der Waals surface area (Å²) in [4.78, 5) is 26.3. The molecular formula is C20H21ClN2O3. The standard InChI is InChI=1S/C20H21ClN2O3/c1-3-26-18-8-4-13(10-12(18)2)15(11-14-5-9-19(24)22-14)17-7-6-16(21)20(25)23-17/h4,6-8,10-11,14H,3,5,9H2,1-2H3,(H,22,24)(H,23,25)/b15-11+. The highest BCUT2D eigenvalue weighted by atomic mass is 35.5. The summed E-state index contributed by atoms with van der Waals surface area (Å²) in [6.45, 7) is 4.52. The van der Waals surface area contributed by atoms with Crippen molar-refractivity contribution in [2.24, 2.45) is 0 Å². The number of H-pyrrole nitrogens is 1. The van der Waals surface area contributed by atoms with E-state index >= 15 is 0 Å². The Hall–Kier alpha value is -2.53. The molecule has 1 saturated heterocycles. The maximum Gasteiger partial charge on any atom is 0.267 e. The van der Waals surface area contributed by atoms with Crippen LogP contribution in [-0.2, 0) is 4.79 Å². The van der Waals surface area contributed by atoms with Gasteiger partial charge < -0.3 is 15.0 Å². The number of nitrogens with one attached hydrogen (secondary N) is 2. The Kier molecular flexibility index (Phi) is 5.47. The van der Waals surface area contributed by atoms with Gasteiger partial charge in [-0.05, 0) is 55.7 Å². The molecule has 0 spiro atoms. The van der Waals surface area contributed by atoms with Crippen LogP contribution in [0.2, 0.25) is 5.02 Å². The van der Waals surface area contributed by atoms with Crippen LogP contribution in [0.1, 0.15) is 36.6 Å². The first-order valence-corrected chi connectivity index (χ1v) is 9.00. The van der Waals surface area contributed by atoms with Crippen LogP contribution in [-0.4, -0.2) is 23.5 Å². The van der Waals surface area contributed by atoms with Crippen molar-refractivity contribution < 1.29 is 9.53 Å². The van der Waals surface area contributed by atoms with Crippen molar-refractivity contribution in [3.05, 3.63) is 68.6 Å². The Bertz CT molecular complexity index is 918. The zero-order chi connectivity index (χ0) is 18.7. The number of ether oxygens (including phenoxy) is 1. The SMILES string of the molecule is CCOc1ccc(/C(=C\C2CCC(=O)N2)c2ccc(Cl)c(=O)[nH]2)cc1C. The van der Waals surface area contributed by atoms with Crippen molar-refractivity contribution in [2.75, 3.05) is 6.61 Å². The Labute approximate surface area is 157 Å². The van der Waals surface area contributed by atoms with Gasteiger partial charge in [-0.3, -0.25) is 9.59 Å². The first-order chi connectivity index (χ1) is 12.5. The van der Waals surface area contributed by atoms with Gasteiger partial charge >= 0.3 is 0 Å². The number of aryl methyl sites for hydroxylation is 1. The van der Waals surface area contributed by atoms with Gasteiger partial charge in [0.05, 0.1) is 6.61 Å². The fourth-order valence-electron chi connectivity index (χ4n) is 3.05. The molecule has 1 fully saturated rings. The first-order valence-electron chi connectivity index (χ1n) is 8.62. The van der Waals surface area contributed by atoms with E-state index in [4.69, 9.17) is 16.3 Å². The third-order valence-electron chi connectivity index (χ3n) is 4.33. The molecular weight excluding hydrogens is 352 g/mol. The number of carbonyl (C=O) groups excluding carboxylic acids is 1. The molecule has 2 heterocycles. The molecule has 3 rings (SSSR count). The monoisotopic (exact) mass is 372 g/mol. The molecule has 5 nitrogen and oxygen atoms in total. The van der Waals surface area contributed by atoms with E-state index in [1.807, 2.05) is 38.1 Å². The van der Waals surface area contributed by atoms with Crippen LogP contribution in [0, 0.1) is 6.92 Å². The molecule has 0 aliphatic carbocycles. The van der Waals surface area contributed by atoms with E-state index in [0.29, 0.717) is 18.7 Å². The highest BCUT2D eigenvalue weighted by molar-refractivity contribution is 6.30. The normalized spacial score (nSPS) is 17.3. The minimum absolute atomic E-state index is 0.0399. The third kappa shape index (κ3) is 3.99. The number of hydrogen-bond acceptors (Lipinski definition) is 3. The fourth-order valence-corrected chi connectivity index (χ4v) is 3.16. The second kappa shape index (κ2) is 7.79. The number of carbonyl (C=O) groups is 1. The van der Waals surface area contributed by atoms with Crippen LogP contribution in [0.15, 0.2) is 41.2 Å². The lowest BCUT2D eigenvalue weighted by Crippen LogP contribution is -2.23. The number of rotatable bonds is 5. The highest BCUT2D eigenvalue weighted by Gasteiger charge is 2.20. The van der Waals surface area contributed by atoms with E-state index in [-0.39, 0.29) is 22.5 Å². The number of benzene rings is 1. The van der Waals surface area contributed by atoms with E-state index < -0.39 is 0 Å². The van der Waals surface area contributed by atoms with Gasteiger partial charge in [-0.1, -0.05) is 23.7 Å². The van der Waals surface area contributed by atoms with Crippen LogP contribution in [0.4, 0.5) is 0 Å². The molecule has 1 atom stereocenters. The van der Waals surface area contributed by atoms with Crippen molar-refractivity contribution >= 4 is 23.1 Å². The lowest BCUT2D eigenvalue weighted by atomic mass is 9.97. The summed E-state index contributed by atoms with van der Waals surface area (Å²) in [5.41, 5.74) is 3.10. The van der Waals surface area contributed by atoms with Gasteiger partial charge in [0, 0.05) is 23.7 Å². The van der Waals surface area contributed by atoms with Crippen molar-refractivity contribution in [1.82, 2.24) is 10.3 Å². The summed E-state index contributed by atoms with van der Waals surface area (Å²) < 4.78 is 5.61. The Morgan fingerprint density at radius 3 is 2.73 bits per heavy atom. The van der Waals surface area contributed by atoms with Crippen LogP contribution < -0.4 is 15.6 Å². The fraction of sp³-hybridized carbons (Fsp3) is 0.300. The Morgan fingerprint density at radius 1 is 1.31 bits per heavy atom. The number of aromatic nitrogens is 1. The van der Waals surface area contributed by atoms with Crippen LogP contribution in [0.5, 0.6) is 5.75 Å². The molecule has 136 valence electrons. The van der Waals surface area contributed by atoms with Gasteiger partial charge in [0.2, 0.25) is 5.91 Å². The molecule has 26 heavy (non-hydrogen) atoms. The van der Waals surface area contributed by atoms with E-state index in [0.717, 1.165) is 28.9 Å². The van der Waals surface area contributed by atoms with Crippen molar-refractivity contribution in [3.8, 4) is 5.75 Å². The molecule has 1 aliphatic rings. The van der Waals surface area contributed by atoms with E-state index in [1.54, 1.807) is 12.1 Å². The minimum Gasteiger partial charge on any atom is -0.494 e. The molecule has 1 unspecified atom stereocenters. The van der Waals surface area contributed by atoms with E-state index in [1.165, 1.54) is 0 Å². The molecule has 2 aromatic rings. The lowest BCUT2D eigenvalue weighted by molar-refractivity contribution is -0.119. The number of hydrogen-bond donors (Lipinski definition) is 2. The molecule has 1 amide bonds. The van der Waals surface area contributed by atoms with Crippen molar-refractivity contribution in [1.29, 1.82) is 0 Å². The minimum atomic E-state index is -0.340. The van der Waals surface area contributed by atoms with Gasteiger partial charge in [-0.25, -0.2) is 0 Å². The van der Waals surface area contributed by atoms with Crippen molar-refractivity contribution in [3.63, 3.8) is 0 Å². The number of pyridine rings is 1. The highest BCUT2D eigenvalue weighted by Crippen LogP contribution is 2.28. The number of amides is 1. The lowest BCUT2D eigenvalue weighted by Gasteiger charge is -2.14. The molecule has 2 N–H and O–H groups in total. The average Bonchev–Trinajstić information content (AvgIpc) is 3.02. The summed E-state index contributed by atoms with van der Waals surface area (Å²) >= 11 is 5.86. The zero-order valence-electron chi connectivity index (χ0n) is 14.8. The van der Waals surface area contributed by atoms with Gasteiger partial charge in [-0.15, -0.1) is 0 Å². The van der Waals surface area contributed by atoms with Crippen LogP contribution in [0.3, 0.4) is 0 Å². The molecule has 0 radical (unpaired) electrons. The first kappa shape index (κ1) is 18.3. The summed E-state index contributed by atoms with van der Waals surface area (Å²) in [5.74, 6) is 0.868. The second-order valence-electron chi connectivity index (χ2n) is 6.26. The quantitative estimate of drug-likeness (QED) is 0.844. The maximum absolute atomic E-state index is 12.0. The van der Waals surface area contributed by atoms with E-state index in [9.17, 15) is 9.59 Å². The summed E-state index contributed by atoms with van der Waals surface area (Å²) in [6, 6.07) is 9.18. The predicted octanol–water partition coefficient (Wildman–Crippen LogP) is 3.45. The largest absolute Gasteiger partial charge is 0.494 e. The zero-order valence-corrected chi connectivity index (χ0v) is 15.5. The summed E-state index contributed by atoms with van der Waals surface area (Å²) in [6.07, 6.45) is 3.23.